The van der Waals surface area contributed by atoms with E-state index >= 15 is 0 Å². The van der Waals surface area contributed by atoms with Crippen molar-refractivity contribution in [2.24, 2.45) is 0 Å². The molecule has 1 unspecified atom stereocenters. The maximum Gasteiger partial charge on any atom is 0.165 e. The van der Waals surface area contributed by atoms with E-state index in [1.54, 1.807) is 7.11 Å². The van der Waals surface area contributed by atoms with Gasteiger partial charge in [-0.25, -0.2) is 4.68 Å². The van der Waals surface area contributed by atoms with Gasteiger partial charge in [0, 0.05) is 12.6 Å². The molecule has 2 aromatic rings. The number of hydrogen-bond acceptors (Lipinski definition) is 5. The highest BCUT2D eigenvalue weighted by Crippen LogP contribution is 2.22. The first-order valence-corrected chi connectivity index (χ1v) is 7.25. The molecule has 0 aliphatic rings. The molecule has 21 heavy (non-hydrogen) atoms. The average Bonchev–Trinajstić information content (AvgIpc) is 2.94. The summed E-state index contributed by atoms with van der Waals surface area (Å²) < 4.78 is 7.07. The molecule has 0 bridgehead atoms. The number of benzene rings is 1. The third-order valence-electron chi connectivity index (χ3n) is 3.69. The van der Waals surface area contributed by atoms with Crippen molar-refractivity contribution in [2.45, 2.75) is 39.4 Å². The van der Waals surface area contributed by atoms with E-state index in [2.05, 4.69) is 53.5 Å². The Kier molecular flexibility index (Phi) is 5.27. The van der Waals surface area contributed by atoms with E-state index in [4.69, 9.17) is 4.74 Å². The molecule has 0 aliphatic heterocycles. The van der Waals surface area contributed by atoms with Gasteiger partial charge in [0.2, 0.25) is 0 Å². The molecular formula is C15H23N5O. The molecule has 0 spiro atoms. The van der Waals surface area contributed by atoms with Crippen LogP contribution in [0.25, 0.3) is 0 Å². The SMILES string of the molecule is CCCn1nnnc1CN(C)C(C)c1ccc(OC)cc1. The van der Waals surface area contributed by atoms with Crippen molar-refractivity contribution >= 4 is 0 Å². The number of methoxy groups -OCH3 is 1. The van der Waals surface area contributed by atoms with Crippen molar-refractivity contribution in [1.82, 2.24) is 25.1 Å². The van der Waals surface area contributed by atoms with Crippen LogP contribution in [0, 0.1) is 0 Å². The second-order valence-electron chi connectivity index (χ2n) is 5.18. The molecule has 6 heteroatoms. The van der Waals surface area contributed by atoms with E-state index in [0.717, 1.165) is 31.1 Å². The van der Waals surface area contributed by atoms with E-state index in [0.29, 0.717) is 0 Å². The highest BCUT2D eigenvalue weighted by Gasteiger charge is 2.15. The van der Waals surface area contributed by atoms with Crippen LogP contribution in [-0.4, -0.2) is 39.3 Å². The molecule has 0 saturated heterocycles. The Balaban J connectivity index is 2.04. The highest BCUT2D eigenvalue weighted by atomic mass is 16.5. The lowest BCUT2D eigenvalue weighted by atomic mass is 10.1. The molecule has 1 aromatic carbocycles. The lowest BCUT2D eigenvalue weighted by Crippen LogP contribution is -2.24. The summed E-state index contributed by atoms with van der Waals surface area (Å²) in [7, 11) is 3.76. The number of nitrogens with zero attached hydrogens (tertiary/aromatic N) is 5. The van der Waals surface area contributed by atoms with Crippen LogP contribution in [0.2, 0.25) is 0 Å². The summed E-state index contributed by atoms with van der Waals surface area (Å²) in [5, 5.41) is 11.9. The molecule has 1 aromatic heterocycles. The molecule has 0 fully saturated rings. The van der Waals surface area contributed by atoms with Gasteiger partial charge in [-0.15, -0.1) is 5.10 Å². The first-order chi connectivity index (χ1) is 10.2. The Bertz CT molecular complexity index is 551. The number of ether oxygens (including phenoxy) is 1. The first-order valence-electron chi connectivity index (χ1n) is 7.25. The zero-order valence-electron chi connectivity index (χ0n) is 13.2. The number of hydrogen-bond donors (Lipinski definition) is 0. The third kappa shape index (κ3) is 3.78. The van der Waals surface area contributed by atoms with Crippen LogP contribution < -0.4 is 4.74 Å². The molecule has 0 N–H and O–H groups in total. The van der Waals surface area contributed by atoms with Gasteiger partial charge in [0.05, 0.1) is 13.7 Å². The predicted molar refractivity (Wildman–Crippen MR) is 81.0 cm³/mol. The van der Waals surface area contributed by atoms with Crippen LogP contribution in [0.4, 0.5) is 0 Å². The van der Waals surface area contributed by atoms with Crippen molar-refractivity contribution < 1.29 is 4.74 Å². The fourth-order valence-corrected chi connectivity index (χ4v) is 2.22. The van der Waals surface area contributed by atoms with E-state index in [9.17, 15) is 0 Å². The highest BCUT2D eigenvalue weighted by molar-refractivity contribution is 5.28. The van der Waals surface area contributed by atoms with Gasteiger partial charge in [-0.2, -0.15) is 0 Å². The number of rotatable bonds is 7. The van der Waals surface area contributed by atoms with E-state index in [1.165, 1.54) is 5.56 Å². The van der Waals surface area contributed by atoms with Gasteiger partial charge in [-0.3, -0.25) is 4.90 Å². The lowest BCUT2D eigenvalue weighted by Gasteiger charge is -2.24. The van der Waals surface area contributed by atoms with Crippen molar-refractivity contribution in [3.05, 3.63) is 35.7 Å². The summed E-state index contributed by atoms with van der Waals surface area (Å²) in [4.78, 5) is 2.24. The molecule has 114 valence electrons. The Labute approximate surface area is 125 Å². The largest absolute Gasteiger partial charge is 0.497 e. The normalized spacial score (nSPS) is 12.6. The molecule has 0 radical (unpaired) electrons. The summed E-state index contributed by atoms with van der Waals surface area (Å²) in [5.74, 6) is 1.78. The van der Waals surface area contributed by atoms with Crippen LogP contribution in [-0.2, 0) is 13.1 Å². The third-order valence-corrected chi connectivity index (χ3v) is 3.69. The van der Waals surface area contributed by atoms with Gasteiger partial charge in [0.1, 0.15) is 5.75 Å². The van der Waals surface area contributed by atoms with Crippen LogP contribution in [0.1, 0.15) is 37.7 Å². The summed E-state index contributed by atoms with van der Waals surface area (Å²) in [6.07, 6.45) is 1.02. The van der Waals surface area contributed by atoms with Gasteiger partial charge in [0.25, 0.3) is 0 Å². The Hall–Kier alpha value is -1.95. The Morgan fingerprint density at radius 1 is 1.29 bits per heavy atom. The Morgan fingerprint density at radius 2 is 2.00 bits per heavy atom. The zero-order valence-corrected chi connectivity index (χ0v) is 13.2. The quantitative estimate of drug-likeness (QED) is 0.782. The predicted octanol–water partition coefficient (Wildman–Crippen LogP) is 2.28. The fraction of sp³-hybridized carbons (Fsp3) is 0.533. The molecule has 1 atom stereocenters. The lowest BCUT2D eigenvalue weighted by molar-refractivity contribution is 0.241. The van der Waals surface area contributed by atoms with Crippen molar-refractivity contribution in [3.63, 3.8) is 0 Å². The summed E-state index contributed by atoms with van der Waals surface area (Å²) in [6.45, 7) is 5.87. The molecule has 0 saturated carbocycles. The second-order valence-corrected chi connectivity index (χ2v) is 5.18. The van der Waals surface area contributed by atoms with Gasteiger partial charge in [-0.1, -0.05) is 19.1 Å². The minimum absolute atomic E-state index is 0.280. The molecule has 2 rings (SSSR count). The monoisotopic (exact) mass is 289 g/mol. The zero-order chi connectivity index (χ0) is 15.2. The van der Waals surface area contributed by atoms with E-state index in [-0.39, 0.29) is 6.04 Å². The average molecular weight is 289 g/mol. The van der Waals surface area contributed by atoms with Crippen LogP contribution in [0.5, 0.6) is 5.75 Å². The second kappa shape index (κ2) is 7.17. The first kappa shape index (κ1) is 15.4. The topological polar surface area (TPSA) is 56.1 Å². The minimum atomic E-state index is 0.280. The van der Waals surface area contributed by atoms with Crippen LogP contribution >= 0.6 is 0 Å². The Morgan fingerprint density at radius 3 is 2.62 bits per heavy atom. The standard InChI is InChI=1S/C15H23N5O/c1-5-10-20-15(16-17-18-20)11-19(3)12(2)13-6-8-14(21-4)9-7-13/h6-9,12H,5,10-11H2,1-4H3. The summed E-state index contributed by atoms with van der Waals surface area (Å²) >= 11 is 0. The minimum Gasteiger partial charge on any atom is -0.497 e. The van der Waals surface area contributed by atoms with Crippen LogP contribution in [0.3, 0.4) is 0 Å². The number of tetrazole rings is 1. The molecule has 1 heterocycles. The maximum absolute atomic E-state index is 5.19. The smallest absolute Gasteiger partial charge is 0.165 e. The molecule has 6 nitrogen and oxygen atoms in total. The fourth-order valence-electron chi connectivity index (χ4n) is 2.22. The van der Waals surface area contributed by atoms with E-state index in [1.807, 2.05) is 16.8 Å². The van der Waals surface area contributed by atoms with E-state index < -0.39 is 0 Å². The summed E-state index contributed by atoms with van der Waals surface area (Å²) in [5.41, 5.74) is 1.24. The van der Waals surface area contributed by atoms with Gasteiger partial charge >= 0.3 is 0 Å². The van der Waals surface area contributed by atoms with Gasteiger partial charge in [-0.05, 0) is 48.5 Å². The molecule has 0 amide bonds. The van der Waals surface area contributed by atoms with Crippen molar-refractivity contribution in [2.75, 3.05) is 14.2 Å². The molecule has 0 aliphatic carbocycles. The van der Waals surface area contributed by atoms with Crippen LogP contribution in [0.15, 0.2) is 24.3 Å². The molecular weight excluding hydrogens is 266 g/mol. The summed E-state index contributed by atoms with van der Waals surface area (Å²) in [6, 6.07) is 8.44. The van der Waals surface area contributed by atoms with Crippen molar-refractivity contribution in [1.29, 1.82) is 0 Å². The maximum atomic E-state index is 5.19. The van der Waals surface area contributed by atoms with Gasteiger partial charge < -0.3 is 4.74 Å². The van der Waals surface area contributed by atoms with Crippen molar-refractivity contribution in [3.8, 4) is 5.75 Å². The number of aryl methyl sites for hydroxylation is 1. The van der Waals surface area contributed by atoms with Gasteiger partial charge in [0.15, 0.2) is 5.82 Å². The number of aromatic nitrogens is 4.